The molecule has 4 rings (SSSR count). The van der Waals surface area contributed by atoms with Gasteiger partial charge in [0.25, 0.3) is 10.2 Å². The molecular formula is C17H18N2O4S. The molecule has 0 spiro atoms. The van der Waals surface area contributed by atoms with Crippen LogP contribution in [0.25, 0.3) is 0 Å². The lowest BCUT2D eigenvalue weighted by molar-refractivity contribution is 0.174. The Hall–Kier alpha value is -2.09. The van der Waals surface area contributed by atoms with Crippen molar-refractivity contribution in [3.63, 3.8) is 0 Å². The van der Waals surface area contributed by atoms with Crippen LogP contribution in [0.1, 0.15) is 22.7 Å². The molecule has 2 heterocycles. The van der Waals surface area contributed by atoms with Crippen LogP contribution in [0.4, 0.5) is 0 Å². The van der Waals surface area contributed by atoms with Crippen LogP contribution in [-0.2, 0) is 16.6 Å². The summed E-state index contributed by atoms with van der Waals surface area (Å²) >= 11 is 0. The molecule has 6 nitrogen and oxygen atoms in total. The molecule has 2 N–H and O–H groups in total. The molecule has 0 aliphatic carbocycles. The van der Waals surface area contributed by atoms with Gasteiger partial charge in [-0.25, -0.2) is 0 Å². The van der Waals surface area contributed by atoms with E-state index in [1.807, 2.05) is 49.4 Å². The molecule has 2 aliphatic heterocycles. The highest BCUT2D eigenvalue weighted by Gasteiger charge is 2.37. The van der Waals surface area contributed by atoms with Crippen LogP contribution in [0.2, 0.25) is 0 Å². The van der Waals surface area contributed by atoms with Gasteiger partial charge in [-0.1, -0.05) is 35.9 Å². The number of fused-ring (bicyclic) bond motifs is 1. The van der Waals surface area contributed by atoms with E-state index >= 15 is 0 Å². The third-order valence-electron chi connectivity index (χ3n) is 4.32. The van der Waals surface area contributed by atoms with Gasteiger partial charge in [-0.15, -0.1) is 0 Å². The molecule has 126 valence electrons. The third-order valence-corrected chi connectivity index (χ3v) is 5.50. The van der Waals surface area contributed by atoms with Gasteiger partial charge in [0, 0.05) is 6.04 Å². The van der Waals surface area contributed by atoms with Gasteiger partial charge in [-0.3, -0.25) is 0 Å². The van der Waals surface area contributed by atoms with Gasteiger partial charge < -0.3 is 9.47 Å². The first-order valence-electron chi connectivity index (χ1n) is 7.75. The van der Waals surface area contributed by atoms with Crippen LogP contribution in [-0.4, -0.2) is 21.3 Å². The van der Waals surface area contributed by atoms with Gasteiger partial charge >= 0.3 is 0 Å². The Morgan fingerprint density at radius 2 is 1.79 bits per heavy atom. The molecule has 0 bridgehead atoms. The average molecular weight is 346 g/mol. The van der Waals surface area contributed by atoms with Gasteiger partial charge in [-0.05, 0) is 36.6 Å². The van der Waals surface area contributed by atoms with E-state index in [-0.39, 0.29) is 18.9 Å². The number of aryl methyl sites for hydroxylation is 1. The molecule has 0 amide bonds. The molecule has 0 saturated carbocycles. The fourth-order valence-corrected chi connectivity index (χ4v) is 4.43. The highest BCUT2D eigenvalue weighted by atomic mass is 32.2. The third kappa shape index (κ3) is 2.98. The second-order valence-corrected chi connectivity index (χ2v) is 7.60. The van der Waals surface area contributed by atoms with Crippen molar-refractivity contribution in [1.29, 1.82) is 0 Å². The molecule has 2 unspecified atom stereocenters. The summed E-state index contributed by atoms with van der Waals surface area (Å²) in [7, 11) is -3.49. The zero-order chi connectivity index (χ0) is 16.7. The Morgan fingerprint density at radius 3 is 2.58 bits per heavy atom. The van der Waals surface area contributed by atoms with E-state index in [2.05, 4.69) is 9.44 Å². The summed E-state index contributed by atoms with van der Waals surface area (Å²) in [5.41, 5.74) is 3.08. The van der Waals surface area contributed by atoms with E-state index in [0.717, 1.165) is 22.4 Å². The zero-order valence-electron chi connectivity index (χ0n) is 13.2. The fraction of sp³-hybridized carbons (Fsp3) is 0.294. The quantitative estimate of drug-likeness (QED) is 0.889. The highest BCUT2D eigenvalue weighted by Crippen LogP contribution is 2.34. The van der Waals surface area contributed by atoms with Gasteiger partial charge in [-0.2, -0.15) is 17.9 Å². The fourth-order valence-electron chi connectivity index (χ4n) is 3.11. The molecule has 0 aromatic heterocycles. The number of ether oxygens (including phenoxy) is 2. The van der Waals surface area contributed by atoms with E-state index in [4.69, 9.17) is 9.47 Å². The Balaban J connectivity index is 1.61. The smallest absolute Gasteiger partial charge is 0.277 e. The summed E-state index contributed by atoms with van der Waals surface area (Å²) in [6, 6.07) is 13.0. The van der Waals surface area contributed by atoms with Gasteiger partial charge in [0.15, 0.2) is 11.5 Å². The molecule has 1 fully saturated rings. The van der Waals surface area contributed by atoms with Crippen molar-refractivity contribution < 1.29 is 17.9 Å². The van der Waals surface area contributed by atoms with Crippen LogP contribution in [0.5, 0.6) is 11.5 Å². The maximum atomic E-state index is 12.0. The summed E-state index contributed by atoms with van der Waals surface area (Å²) in [6.07, 6.45) is 0.557. The molecule has 2 aliphatic rings. The number of hydrogen-bond donors (Lipinski definition) is 2. The van der Waals surface area contributed by atoms with Crippen molar-refractivity contribution in [3.05, 3.63) is 59.2 Å². The van der Waals surface area contributed by atoms with Gasteiger partial charge in [0.05, 0.1) is 6.04 Å². The Kier molecular flexibility index (Phi) is 3.71. The minimum Gasteiger partial charge on any atom is -0.454 e. The first kappa shape index (κ1) is 15.4. The van der Waals surface area contributed by atoms with Crippen molar-refractivity contribution in [2.45, 2.75) is 25.4 Å². The normalized spacial score (nSPS) is 24.2. The minimum absolute atomic E-state index is 0.225. The zero-order valence-corrected chi connectivity index (χ0v) is 14.0. The summed E-state index contributed by atoms with van der Waals surface area (Å²) in [5, 5.41) is 0. The standard InChI is InChI=1S/C17H18N2O4S/c1-11-2-5-13(6-3-11)17-14(18-24(20,21)19-17)8-12-4-7-15-16(9-12)23-10-22-15/h2-7,9,14,17-19H,8,10H2,1H3. The molecule has 1 saturated heterocycles. The second-order valence-electron chi connectivity index (χ2n) is 6.13. The maximum absolute atomic E-state index is 12.0. The lowest BCUT2D eigenvalue weighted by Gasteiger charge is -2.18. The average Bonchev–Trinajstić information content (AvgIpc) is 3.11. The topological polar surface area (TPSA) is 76.7 Å². The van der Waals surface area contributed by atoms with E-state index in [9.17, 15) is 8.42 Å². The SMILES string of the molecule is Cc1ccc(C2NS(=O)(=O)NC2Cc2ccc3c(c2)OCO3)cc1. The van der Waals surface area contributed by atoms with E-state index < -0.39 is 10.2 Å². The van der Waals surface area contributed by atoms with Crippen LogP contribution < -0.4 is 18.9 Å². The van der Waals surface area contributed by atoms with Crippen LogP contribution >= 0.6 is 0 Å². The molecule has 2 atom stereocenters. The first-order valence-corrected chi connectivity index (χ1v) is 9.23. The summed E-state index contributed by atoms with van der Waals surface area (Å²) < 4.78 is 40.1. The lowest BCUT2D eigenvalue weighted by atomic mass is 9.94. The van der Waals surface area contributed by atoms with Crippen molar-refractivity contribution >= 4 is 10.2 Å². The van der Waals surface area contributed by atoms with Gasteiger partial charge in [0.2, 0.25) is 6.79 Å². The van der Waals surface area contributed by atoms with Crippen LogP contribution in [0.3, 0.4) is 0 Å². The highest BCUT2D eigenvalue weighted by molar-refractivity contribution is 7.87. The van der Waals surface area contributed by atoms with Crippen molar-refractivity contribution in [2.75, 3.05) is 6.79 Å². The molecule has 2 aromatic rings. The number of rotatable bonds is 3. The van der Waals surface area contributed by atoms with Crippen LogP contribution in [0.15, 0.2) is 42.5 Å². The monoisotopic (exact) mass is 346 g/mol. The van der Waals surface area contributed by atoms with E-state index in [1.54, 1.807) is 0 Å². The van der Waals surface area contributed by atoms with E-state index in [1.165, 1.54) is 0 Å². The molecule has 7 heteroatoms. The molecular weight excluding hydrogens is 328 g/mol. The largest absolute Gasteiger partial charge is 0.454 e. The number of nitrogens with one attached hydrogen (secondary N) is 2. The Morgan fingerprint density at radius 1 is 1.04 bits per heavy atom. The minimum atomic E-state index is -3.49. The molecule has 24 heavy (non-hydrogen) atoms. The number of hydrogen-bond acceptors (Lipinski definition) is 4. The molecule has 2 aromatic carbocycles. The van der Waals surface area contributed by atoms with Crippen molar-refractivity contribution in [1.82, 2.24) is 9.44 Å². The first-order chi connectivity index (χ1) is 11.5. The maximum Gasteiger partial charge on any atom is 0.277 e. The Labute approximate surface area is 141 Å². The second kappa shape index (κ2) is 5.77. The van der Waals surface area contributed by atoms with Crippen molar-refractivity contribution in [2.24, 2.45) is 0 Å². The summed E-state index contributed by atoms with van der Waals surface area (Å²) in [4.78, 5) is 0. The van der Waals surface area contributed by atoms with Crippen LogP contribution in [0, 0.1) is 6.92 Å². The summed E-state index contributed by atoms with van der Waals surface area (Å²) in [6.45, 7) is 2.23. The van der Waals surface area contributed by atoms with Gasteiger partial charge in [0.1, 0.15) is 0 Å². The predicted molar refractivity (Wildman–Crippen MR) is 89.2 cm³/mol. The lowest BCUT2D eigenvalue weighted by Crippen LogP contribution is -2.30. The summed E-state index contributed by atoms with van der Waals surface area (Å²) in [5.74, 6) is 1.42. The Bertz CT molecular complexity index is 865. The predicted octanol–water partition coefficient (Wildman–Crippen LogP) is 1.81. The van der Waals surface area contributed by atoms with Crippen molar-refractivity contribution in [3.8, 4) is 11.5 Å². The number of benzene rings is 2. The molecule has 0 radical (unpaired) electrons. The van der Waals surface area contributed by atoms with E-state index in [0.29, 0.717) is 12.2 Å².